The summed E-state index contributed by atoms with van der Waals surface area (Å²) in [7, 11) is 1.47. The van der Waals surface area contributed by atoms with Crippen molar-refractivity contribution < 1.29 is 37.3 Å². The van der Waals surface area contributed by atoms with Crippen LogP contribution in [0.4, 0.5) is 18.9 Å². The molecule has 0 atom stereocenters. The number of carboxylic acids is 1. The molecule has 196 valence electrons. The van der Waals surface area contributed by atoms with E-state index in [1.165, 1.54) is 13.2 Å². The minimum atomic E-state index is -4.49. The number of nitrogens with one attached hydrogen (secondary N) is 1. The number of benzene rings is 2. The van der Waals surface area contributed by atoms with Crippen LogP contribution in [0.5, 0.6) is 11.5 Å². The molecule has 0 spiro atoms. The summed E-state index contributed by atoms with van der Waals surface area (Å²) in [5, 5.41) is 11.5. The maximum atomic E-state index is 13.7. The number of anilines is 1. The van der Waals surface area contributed by atoms with Gasteiger partial charge in [0.1, 0.15) is 11.5 Å². The average molecular weight is 535 g/mol. The van der Waals surface area contributed by atoms with Crippen molar-refractivity contribution in [2.45, 2.75) is 25.6 Å². The van der Waals surface area contributed by atoms with Gasteiger partial charge in [0.25, 0.3) is 0 Å². The van der Waals surface area contributed by atoms with Crippen LogP contribution in [-0.2, 0) is 28.8 Å². The summed E-state index contributed by atoms with van der Waals surface area (Å²) in [6, 6.07) is 13.3. The zero-order chi connectivity index (χ0) is 26.6. The molecule has 3 aromatic rings. The molecule has 1 amide bonds. The number of amides is 1. The van der Waals surface area contributed by atoms with E-state index in [1.807, 2.05) is 0 Å². The van der Waals surface area contributed by atoms with Crippen molar-refractivity contribution in [2.24, 2.45) is 0 Å². The number of carbonyl (C=O) groups is 2. The van der Waals surface area contributed by atoms with Crippen LogP contribution in [0.3, 0.4) is 0 Å². The van der Waals surface area contributed by atoms with E-state index in [4.69, 9.17) is 14.6 Å². The first-order valence-corrected chi connectivity index (χ1v) is 12.3. The third kappa shape index (κ3) is 6.05. The second-order valence-electron chi connectivity index (χ2n) is 8.32. The lowest BCUT2D eigenvalue weighted by atomic mass is 10.1. The monoisotopic (exact) mass is 534 g/mol. The predicted octanol–water partition coefficient (Wildman–Crippen LogP) is 4.97. The van der Waals surface area contributed by atoms with Crippen molar-refractivity contribution >= 4 is 28.9 Å². The molecule has 2 aromatic carbocycles. The number of hydrogen-bond donors (Lipinski definition) is 2. The molecule has 0 unspecified atom stereocenters. The molecule has 4 rings (SSSR count). The van der Waals surface area contributed by atoms with Crippen molar-refractivity contribution in [3.63, 3.8) is 0 Å². The second-order valence-corrected chi connectivity index (χ2v) is 9.46. The smallest absolute Gasteiger partial charge is 0.426 e. The van der Waals surface area contributed by atoms with E-state index in [2.05, 4.69) is 5.32 Å². The number of thiophene rings is 1. The van der Waals surface area contributed by atoms with Gasteiger partial charge in [0.2, 0.25) is 5.91 Å². The minimum absolute atomic E-state index is 0.00302. The summed E-state index contributed by atoms with van der Waals surface area (Å²) in [6.07, 6.45) is -4.05. The van der Waals surface area contributed by atoms with Gasteiger partial charge in [0, 0.05) is 29.1 Å². The van der Waals surface area contributed by atoms with Crippen molar-refractivity contribution in [3.8, 4) is 22.6 Å². The highest BCUT2D eigenvalue weighted by Gasteiger charge is 2.36. The molecule has 1 aromatic heterocycles. The van der Waals surface area contributed by atoms with Crippen LogP contribution in [0.2, 0.25) is 0 Å². The zero-order valence-corrected chi connectivity index (χ0v) is 20.7. The van der Waals surface area contributed by atoms with Gasteiger partial charge >= 0.3 is 12.1 Å². The van der Waals surface area contributed by atoms with Crippen molar-refractivity contribution in [2.75, 3.05) is 31.6 Å². The van der Waals surface area contributed by atoms with Gasteiger partial charge in [0.15, 0.2) is 11.5 Å². The molecule has 2 heterocycles. The van der Waals surface area contributed by atoms with Crippen molar-refractivity contribution in [3.05, 3.63) is 63.8 Å². The molecule has 0 radical (unpaired) electrons. The number of hydrogen-bond acceptors (Lipinski definition) is 6. The average Bonchev–Trinajstić information content (AvgIpc) is 3.50. The third-order valence-electron chi connectivity index (χ3n) is 5.87. The summed E-state index contributed by atoms with van der Waals surface area (Å²) >= 11 is 0.647. The Labute approximate surface area is 215 Å². The summed E-state index contributed by atoms with van der Waals surface area (Å²) in [6.45, 7) is 0.528. The van der Waals surface area contributed by atoms with Crippen LogP contribution in [-0.4, -0.2) is 43.7 Å². The Hall–Kier alpha value is -3.57. The second kappa shape index (κ2) is 11.2. The normalized spacial score (nSPS) is 12.9. The van der Waals surface area contributed by atoms with E-state index in [0.29, 0.717) is 51.9 Å². The molecule has 1 aliphatic heterocycles. The maximum absolute atomic E-state index is 13.7. The van der Waals surface area contributed by atoms with E-state index in [0.717, 1.165) is 5.56 Å². The molecule has 0 fully saturated rings. The molecule has 37 heavy (non-hydrogen) atoms. The fourth-order valence-electron chi connectivity index (χ4n) is 4.22. The van der Waals surface area contributed by atoms with Crippen LogP contribution >= 0.6 is 11.3 Å². The quantitative estimate of drug-likeness (QED) is 0.357. The van der Waals surface area contributed by atoms with Gasteiger partial charge in [0.05, 0.1) is 25.8 Å². The third-order valence-corrected chi connectivity index (χ3v) is 7.02. The number of carboxylic acid groups (broad SMARTS) is 1. The molecular weight excluding hydrogens is 509 g/mol. The topological polar surface area (TPSA) is 88.1 Å². The number of ether oxygens (including phenoxy) is 2. The first kappa shape index (κ1) is 26.5. The van der Waals surface area contributed by atoms with Crippen molar-refractivity contribution in [1.29, 1.82) is 0 Å². The van der Waals surface area contributed by atoms with Crippen molar-refractivity contribution in [1.82, 2.24) is 5.32 Å². The lowest BCUT2D eigenvalue weighted by molar-refractivity contribution is -0.137. The Morgan fingerprint density at radius 3 is 2.59 bits per heavy atom. The van der Waals surface area contributed by atoms with Gasteiger partial charge in [-0.3, -0.25) is 9.59 Å². The van der Waals surface area contributed by atoms with Crippen LogP contribution in [0.25, 0.3) is 11.1 Å². The van der Waals surface area contributed by atoms with Gasteiger partial charge in [-0.15, -0.1) is 11.3 Å². The van der Waals surface area contributed by atoms with Gasteiger partial charge < -0.3 is 24.8 Å². The zero-order valence-electron chi connectivity index (χ0n) is 19.9. The van der Waals surface area contributed by atoms with Crippen LogP contribution in [0, 0.1) is 0 Å². The molecule has 0 aliphatic carbocycles. The number of methoxy groups -OCH3 is 1. The predicted molar refractivity (Wildman–Crippen MR) is 133 cm³/mol. The summed E-state index contributed by atoms with van der Waals surface area (Å²) < 4.78 is 52.6. The van der Waals surface area contributed by atoms with Gasteiger partial charge in [-0.2, -0.15) is 13.2 Å². The first-order chi connectivity index (χ1) is 17.7. The molecule has 1 aliphatic rings. The molecule has 11 heteroatoms. The Bertz CT molecular complexity index is 1280. The van der Waals surface area contributed by atoms with Gasteiger partial charge in [-0.05, 0) is 30.2 Å². The van der Waals surface area contributed by atoms with Crippen LogP contribution < -0.4 is 19.7 Å². The van der Waals surface area contributed by atoms with Crippen LogP contribution in [0.1, 0.15) is 21.7 Å². The molecule has 0 saturated heterocycles. The number of halogens is 3. The Morgan fingerprint density at radius 1 is 1.16 bits per heavy atom. The summed E-state index contributed by atoms with van der Waals surface area (Å²) in [4.78, 5) is 24.6. The van der Waals surface area contributed by atoms with Gasteiger partial charge in [-0.1, -0.05) is 30.3 Å². The number of fused-ring (bicyclic) bond motifs is 1. The lowest BCUT2D eigenvalue weighted by Gasteiger charge is -2.19. The fraction of sp³-hybridized carbons (Fsp3) is 0.308. The SMILES string of the molecule is COc1c(OCc2cc(-c3ccccc3)c(C(F)(F)F)s2)ccc2c1CCN2C(=O)CNCCC(=O)O. The molecule has 2 N–H and O–H groups in total. The largest absolute Gasteiger partial charge is 0.492 e. The number of alkyl halides is 3. The molecule has 7 nitrogen and oxygen atoms in total. The first-order valence-electron chi connectivity index (χ1n) is 11.5. The Kier molecular flexibility index (Phi) is 8.03. The fourth-order valence-corrected chi connectivity index (χ4v) is 5.18. The highest BCUT2D eigenvalue weighted by molar-refractivity contribution is 7.12. The van der Waals surface area contributed by atoms with E-state index < -0.39 is 17.0 Å². The Balaban J connectivity index is 1.50. The number of aliphatic carboxylic acids is 1. The molecule has 0 saturated carbocycles. The highest BCUT2D eigenvalue weighted by Crippen LogP contribution is 2.44. The summed E-state index contributed by atoms with van der Waals surface area (Å²) in [5.41, 5.74) is 2.03. The number of carbonyl (C=O) groups excluding carboxylic acids is 1. The summed E-state index contributed by atoms with van der Waals surface area (Å²) in [5.74, 6) is -0.343. The van der Waals surface area contributed by atoms with E-state index >= 15 is 0 Å². The molecule has 0 bridgehead atoms. The number of nitrogens with zero attached hydrogens (tertiary/aromatic N) is 1. The molecular formula is C26H25F3N2O5S. The van der Waals surface area contributed by atoms with E-state index in [-0.39, 0.29) is 37.6 Å². The lowest BCUT2D eigenvalue weighted by Crippen LogP contribution is -2.37. The van der Waals surface area contributed by atoms with Crippen LogP contribution in [0.15, 0.2) is 48.5 Å². The number of rotatable bonds is 10. The van der Waals surface area contributed by atoms with E-state index in [1.54, 1.807) is 47.4 Å². The highest BCUT2D eigenvalue weighted by atomic mass is 32.1. The standard InChI is InChI=1S/C26H25F3N2O5S/c1-35-24-18-10-12-31(22(32)14-30-11-9-23(33)34)20(18)7-8-21(24)36-15-17-13-19(16-5-3-2-4-6-16)25(37-17)26(27,28)29/h2-8,13,30H,9-12,14-15H2,1H3,(H,33,34). The Morgan fingerprint density at radius 2 is 1.92 bits per heavy atom. The van der Waals surface area contributed by atoms with E-state index in [9.17, 15) is 22.8 Å². The minimum Gasteiger partial charge on any atom is -0.492 e. The maximum Gasteiger partial charge on any atom is 0.426 e. The van der Waals surface area contributed by atoms with Gasteiger partial charge in [-0.25, -0.2) is 0 Å².